The van der Waals surface area contributed by atoms with Gasteiger partial charge in [-0.15, -0.1) is 0 Å². The number of nitrogens with zero attached hydrogens (tertiary/aromatic N) is 1. The van der Waals surface area contributed by atoms with Crippen LogP contribution in [0.15, 0.2) is 24.3 Å². The molecule has 0 bridgehead atoms. The van der Waals surface area contributed by atoms with E-state index in [1.54, 1.807) is 6.08 Å². The van der Waals surface area contributed by atoms with Crippen LogP contribution < -0.4 is 0 Å². The number of rotatable bonds is 3. The molecule has 11 heavy (non-hydrogen) atoms. The molecule has 1 heterocycles. The maximum absolute atomic E-state index is 3.61. The smallest absolute Gasteiger partial charge is 0.0166 e. The van der Waals surface area contributed by atoms with Gasteiger partial charge in [0.2, 0.25) is 0 Å². The van der Waals surface area contributed by atoms with E-state index in [0.29, 0.717) is 0 Å². The predicted molar refractivity (Wildman–Crippen MR) is 49.3 cm³/mol. The number of allylic oxidation sites excluding steroid dienone is 3. The summed E-state index contributed by atoms with van der Waals surface area (Å²) in [5, 5.41) is 0. The topological polar surface area (TPSA) is 3.24 Å². The van der Waals surface area contributed by atoms with Crippen LogP contribution in [-0.4, -0.2) is 24.5 Å². The Labute approximate surface area is 69.4 Å². The highest BCUT2D eigenvalue weighted by Crippen LogP contribution is 2.06. The van der Waals surface area contributed by atoms with Gasteiger partial charge < -0.3 is 0 Å². The third kappa shape index (κ3) is 3.38. The summed E-state index contributed by atoms with van der Waals surface area (Å²) < 4.78 is 0. The molecule has 1 rings (SSSR count). The molecule has 1 radical (unpaired) electrons. The van der Waals surface area contributed by atoms with Crippen molar-refractivity contribution in [1.29, 1.82) is 0 Å². The third-order valence-electron chi connectivity index (χ3n) is 1.95. The quantitative estimate of drug-likeness (QED) is 0.556. The van der Waals surface area contributed by atoms with E-state index in [-0.39, 0.29) is 0 Å². The van der Waals surface area contributed by atoms with Gasteiger partial charge in [0.1, 0.15) is 0 Å². The second kappa shape index (κ2) is 5.14. The van der Waals surface area contributed by atoms with Crippen molar-refractivity contribution < 1.29 is 0 Å². The highest BCUT2D eigenvalue weighted by atomic mass is 15.1. The Balaban J connectivity index is 2.10. The Morgan fingerprint density at radius 2 is 1.91 bits per heavy atom. The van der Waals surface area contributed by atoms with Crippen LogP contribution in [0.3, 0.4) is 0 Å². The summed E-state index contributed by atoms with van der Waals surface area (Å²) in [5.74, 6) is 0. The predicted octanol–water partition coefficient (Wildman–Crippen LogP) is 2.03. The van der Waals surface area contributed by atoms with Crippen LogP contribution in [0.25, 0.3) is 0 Å². The number of hydrogen-bond acceptors (Lipinski definition) is 1. The zero-order valence-corrected chi connectivity index (χ0v) is 7.00. The Hall–Kier alpha value is -0.560. The van der Waals surface area contributed by atoms with Gasteiger partial charge in [-0.2, -0.15) is 0 Å². The normalized spacial score (nSPS) is 20.8. The molecule has 1 heteroatoms. The molecule has 0 aromatic carbocycles. The monoisotopic (exact) mass is 150 g/mol. The summed E-state index contributed by atoms with van der Waals surface area (Å²) in [5.41, 5.74) is 0. The SMILES string of the molecule is [CH2]/C=C/C=C/CN1CCCC1. The van der Waals surface area contributed by atoms with E-state index in [1.807, 2.05) is 6.08 Å². The summed E-state index contributed by atoms with van der Waals surface area (Å²) in [6, 6.07) is 0. The van der Waals surface area contributed by atoms with Crippen molar-refractivity contribution in [3.8, 4) is 0 Å². The lowest BCUT2D eigenvalue weighted by Gasteiger charge is -2.09. The van der Waals surface area contributed by atoms with Crippen molar-refractivity contribution in [2.45, 2.75) is 12.8 Å². The summed E-state index contributed by atoms with van der Waals surface area (Å²) >= 11 is 0. The first-order valence-corrected chi connectivity index (χ1v) is 4.27. The fourth-order valence-electron chi connectivity index (χ4n) is 1.33. The Morgan fingerprint density at radius 3 is 2.55 bits per heavy atom. The molecule has 0 unspecified atom stereocenters. The second-order valence-electron chi connectivity index (χ2n) is 2.86. The van der Waals surface area contributed by atoms with Gasteiger partial charge in [-0.25, -0.2) is 0 Å². The second-order valence-corrected chi connectivity index (χ2v) is 2.86. The standard InChI is InChI=1S/C10H16N/c1-2-3-4-5-8-11-9-6-7-10-11/h2-5H,1,6-10H2/b3-2+,5-4+. The Bertz CT molecular complexity index is 141. The average Bonchev–Trinajstić information content (AvgIpc) is 2.50. The number of likely N-dealkylation sites (tertiary alicyclic amines) is 1. The van der Waals surface area contributed by atoms with Crippen molar-refractivity contribution in [1.82, 2.24) is 4.90 Å². The molecule has 0 N–H and O–H groups in total. The van der Waals surface area contributed by atoms with Crippen LogP contribution in [0.4, 0.5) is 0 Å². The van der Waals surface area contributed by atoms with Gasteiger partial charge in [0, 0.05) is 6.54 Å². The minimum Gasteiger partial charge on any atom is -0.300 e. The lowest BCUT2D eigenvalue weighted by atomic mass is 10.4. The van der Waals surface area contributed by atoms with Gasteiger partial charge >= 0.3 is 0 Å². The highest BCUT2D eigenvalue weighted by Gasteiger charge is 2.08. The molecule has 0 spiro atoms. The summed E-state index contributed by atoms with van der Waals surface area (Å²) in [7, 11) is 0. The van der Waals surface area contributed by atoms with E-state index in [1.165, 1.54) is 25.9 Å². The van der Waals surface area contributed by atoms with E-state index in [2.05, 4.69) is 24.0 Å². The van der Waals surface area contributed by atoms with E-state index in [9.17, 15) is 0 Å². The molecule has 0 aromatic heterocycles. The fourth-order valence-corrected chi connectivity index (χ4v) is 1.33. The summed E-state index contributed by atoms with van der Waals surface area (Å²) in [6.45, 7) is 7.26. The van der Waals surface area contributed by atoms with Crippen molar-refractivity contribution in [2.24, 2.45) is 0 Å². The lowest BCUT2D eigenvalue weighted by Crippen LogP contribution is -2.18. The molecule has 1 saturated heterocycles. The molecule has 61 valence electrons. The highest BCUT2D eigenvalue weighted by molar-refractivity contribution is 5.04. The minimum absolute atomic E-state index is 1.10. The molecule has 0 atom stereocenters. The third-order valence-corrected chi connectivity index (χ3v) is 1.95. The van der Waals surface area contributed by atoms with E-state index < -0.39 is 0 Å². The van der Waals surface area contributed by atoms with Crippen LogP contribution in [0.2, 0.25) is 0 Å². The maximum atomic E-state index is 3.61. The first-order chi connectivity index (χ1) is 5.43. The van der Waals surface area contributed by atoms with Crippen molar-refractivity contribution in [3.05, 3.63) is 31.2 Å². The Morgan fingerprint density at radius 1 is 1.18 bits per heavy atom. The molecular formula is C10H16N. The first-order valence-electron chi connectivity index (χ1n) is 4.27. The minimum atomic E-state index is 1.10. The van der Waals surface area contributed by atoms with Gasteiger partial charge in [-0.1, -0.05) is 24.3 Å². The van der Waals surface area contributed by atoms with Gasteiger partial charge in [0.05, 0.1) is 0 Å². The van der Waals surface area contributed by atoms with Crippen molar-refractivity contribution in [2.75, 3.05) is 19.6 Å². The molecule has 1 aliphatic rings. The average molecular weight is 150 g/mol. The number of hydrogen-bond donors (Lipinski definition) is 0. The van der Waals surface area contributed by atoms with Crippen LogP contribution >= 0.6 is 0 Å². The Kier molecular flexibility index (Phi) is 3.99. The van der Waals surface area contributed by atoms with Gasteiger partial charge in [-0.3, -0.25) is 4.90 Å². The molecule has 1 fully saturated rings. The molecular weight excluding hydrogens is 134 g/mol. The van der Waals surface area contributed by atoms with Gasteiger partial charge in [-0.05, 0) is 32.9 Å². The maximum Gasteiger partial charge on any atom is 0.0166 e. The van der Waals surface area contributed by atoms with Crippen molar-refractivity contribution >= 4 is 0 Å². The molecule has 0 aliphatic carbocycles. The van der Waals surface area contributed by atoms with Crippen LogP contribution in [-0.2, 0) is 0 Å². The van der Waals surface area contributed by atoms with Crippen LogP contribution in [0.1, 0.15) is 12.8 Å². The zero-order chi connectivity index (χ0) is 7.94. The zero-order valence-electron chi connectivity index (χ0n) is 7.00. The van der Waals surface area contributed by atoms with Crippen molar-refractivity contribution in [3.63, 3.8) is 0 Å². The first kappa shape index (κ1) is 8.54. The molecule has 1 nitrogen and oxygen atoms in total. The summed E-state index contributed by atoms with van der Waals surface area (Å²) in [4.78, 5) is 2.47. The molecule has 0 saturated carbocycles. The lowest BCUT2D eigenvalue weighted by molar-refractivity contribution is 0.377. The largest absolute Gasteiger partial charge is 0.300 e. The van der Waals surface area contributed by atoms with E-state index >= 15 is 0 Å². The molecule has 1 aliphatic heterocycles. The fraction of sp³-hybridized carbons (Fsp3) is 0.500. The van der Waals surface area contributed by atoms with E-state index in [0.717, 1.165) is 6.54 Å². The summed E-state index contributed by atoms with van der Waals surface area (Å²) in [6.07, 6.45) is 10.8. The van der Waals surface area contributed by atoms with E-state index in [4.69, 9.17) is 0 Å². The molecule has 0 amide bonds. The van der Waals surface area contributed by atoms with Gasteiger partial charge in [0.25, 0.3) is 0 Å². The van der Waals surface area contributed by atoms with Gasteiger partial charge in [0.15, 0.2) is 0 Å². The van der Waals surface area contributed by atoms with Crippen LogP contribution in [0.5, 0.6) is 0 Å². The molecule has 0 aromatic rings. The van der Waals surface area contributed by atoms with Crippen LogP contribution in [0, 0.1) is 6.92 Å².